The number of urea groups is 1. The maximum absolute atomic E-state index is 12.3. The van der Waals surface area contributed by atoms with Crippen LogP contribution in [0.15, 0.2) is 24.3 Å². The third-order valence-electron chi connectivity index (χ3n) is 4.61. The van der Waals surface area contributed by atoms with Crippen molar-refractivity contribution in [2.75, 3.05) is 18.4 Å². The second-order valence-electron chi connectivity index (χ2n) is 6.77. The molecule has 25 heavy (non-hydrogen) atoms. The van der Waals surface area contributed by atoms with Gasteiger partial charge in [0.1, 0.15) is 0 Å². The van der Waals surface area contributed by atoms with Gasteiger partial charge in [-0.2, -0.15) is 0 Å². The van der Waals surface area contributed by atoms with Gasteiger partial charge in [0.2, 0.25) is 5.91 Å². The van der Waals surface area contributed by atoms with Crippen LogP contribution in [-0.4, -0.2) is 31.1 Å². The van der Waals surface area contributed by atoms with Gasteiger partial charge in [-0.05, 0) is 56.8 Å². The number of anilines is 1. The van der Waals surface area contributed by atoms with Crippen LogP contribution in [-0.2, 0) is 4.79 Å². The van der Waals surface area contributed by atoms with Crippen molar-refractivity contribution in [2.45, 2.75) is 44.7 Å². The molecule has 1 saturated heterocycles. The Kier molecular flexibility index (Phi) is 7.08. The molecule has 3 amide bonds. The second kappa shape index (κ2) is 9.06. The van der Waals surface area contributed by atoms with E-state index in [9.17, 15) is 9.59 Å². The Balaban J connectivity index is 0.00000225. The predicted molar refractivity (Wildman–Crippen MR) is 101 cm³/mol. The van der Waals surface area contributed by atoms with Gasteiger partial charge >= 0.3 is 6.03 Å². The number of hydrogen-bond acceptors (Lipinski definition) is 3. The number of carbonyl (C=O) groups excluding carboxylic acids is 2. The quantitative estimate of drug-likeness (QED) is 0.646. The minimum absolute atomic E-state index is 0. The standard InChI is InChI=1S/C18H26N4O2.ClH/c1-12(20-17(23)14-3-2-10-19-11-14)13-4-6-15(7-5-13)21-18(24)22-16-8-9-16;/h4-7,12,14,16,19H,2-3,8-11H2,1H3,(H,20,23)(H2,21,22,24);1H. The SMILES string of the molecule is CC(NC(=O)C1CCCNC1)c1ccc(NC(=O)NC2CC2)cc1.Cl. The van der Waals surface area contributed by atoms with Gasteiger partial charge in [0.15, 0.2) is 0 Å². The number of amides is 3. The number of nitrogens with one attached hydrogen (secondary N) is 4. The molecule has 2 fully saturated rings. The van der Waals surface area contributed by atoms with Crippen molar-refractivity contribution < 1.29 is 9.59 Å². The number of benzene rings is 1. The molecule has 1 aromatic carbocycles. The normalized spacial score (nSPS) is 20.8. The number of rotatable bonds is 5. The predicted octanol–water partition coefficient (Wildman–Crippen LogP) is 2.57. The highest BCUT2D eigenvalue weighted by Gasteiger charge is 2.23. The first kappa shape index (κ1) is 19.5. The van der Waals surface area contributed by atoms with Crippen molar-refractivity contribution in [3.63, 3.8) is 0 Å². The average Bonchev–Trinajstić information content (AvgIpc) is 3.40. The van der Waals surface area contributed by atoms with E-state index in [1.165, 1.54) is 0 Å². The number of carbonyl (C=O) groups is 2. The highest BCUT2D eigenvalue weighted by molar-refractivity contribution is 5.89. The van der Waals surface area contributed by atoms with Crippen molar-refractivity contribution in [2.24, 2.45) is 5.92 Å². The number of halogens is 1. The first-order valence-electron chi connectivity index (χ1n) is 8.80. The first-order valence-corrected chi connectivity index (χ1v) is 8.80. The highest BCUT2D eigenvalue weighted by Crippen LogP contribution is 2.20. The summed E-state index contributed by atoms with van der Waals surface area (Å²) in [7, 11) is 0. The summed E-state index contributed by atoms with van der Waals surface area (Å²) in [5.74, 6) is 0.175. The molecule has 1 heterocycles. The fraction of sp³-hybridized carbons (Fsp3) is 0.556. The molecule has 0 spiro atoms. The van der Waals surface area contributed by atoms with Crippen LogP contribution in [0.25, 0.3) is 0 Å². The van der Waals surface area contributed by atoms with E-state index in [1.54, 1.807) is 0 Å². The molecule has 0 radical (unpaired) electrons. The minimum atomic E-state index is -0.156. The summed E-state index contributed by atoms with van der Waals surface area (Å²) in [6.45, 7) is 3.75. The van der Waals surface area contributed by atoms with Crippen LogP contribution in [0.1, 0.15) is 44.2 Å². The van der Waals surface area contributed by atoms with Gasteiger partial charge in [-0.3, -0.25) is 4.79 Å². The molecule has 0 aromatic heterocycles. The lowest BCUT2D eigenvalue weighted by Gasteiger charge is -2.24. The Morgan fingerprint density at radius 1 is 1.16 bits per heavy atom. The minimum Gasteiger partial charge on any atom is -0.349 e. The summed E-state index contributed by atoms with van der Waals surface area (Å²) in [5, 5.41) is 12.1. The van der Waals surface area contributed by atoms with Crippen LogP contribution in [0, 0.1) is 5.92 Å². The van der Waals surface area contributed by atoms with E-state index in [2.05, 4.69) is 21.3 Å². The summed E-state index contributed by atoms with van der Waals surface area (Å²) >= 11 is 0. The lowest BCUT2D eigenvalue weighted by Crippen LogP contribution is -2.41. The molecule has 2 atom stereocenters. The summed E-state index contributed by atoms with van der Waals surface area (Å²) in [6.07, 6.45) is 4.14. The topological polar surface area (TPSA) is 82.3 Å². The average molecular weight is 367 g/mol. The van der Waals surface area contributed by atoms with Crippen molar-refractivity contribution in [1.82, 2.24) is 16.0 Å². The molecule has 138 valence electrons. The Labute approximate surface area is 154 Å². The van der Waals surface area contributed by atoms with E-state index >= 15 is 0 Å². The van der Waals surface area contributed by atoms with E-state index in [1.807, 2.05) is 31.2 Å². The zero-order valence-electron chi connectivity index (χ0n) is 14.5. The zero-order valence-corrected chi connectivity index (χ0v) is 15.3. The summed E-state index contributed by atoms with van der Waals surface area (Å²) in [6, 6.07) is 7.76. The largest absolute Gasteiger partial charge is 0.349 e. The van der Waals surface area contributed by atoms with Crippen LogP contribution in [0.3, 0.4) is 0 Å². The summed E-state index contributed by atoms with van der Waals surface area (Å²) in [4.78, 5) is 24.0. The monoisotopic (exact) mass is 366 g/mol. The zero-order chi connectivity index (χ0) is 16.9. The molecule has 6 nitrogen and oxygen atoms in total. The Morgan fingerprint density at radius 2 is 1.88 bits per heavy atom. The molecule has 3 rings (SSSR count). The van der Waals surface area contributed by atoms with Gasteiger partial charge in [0, 0.05) is 18.3 Å². The van der Waals surface area contributed by atoms with Crippen LogP contribution < -0.4 is 21.3 Å². The lowest BCUT2D eigenvalue weighted by atomic mass is 9.98. The lowest BCUT2D eigenvalue weighted by molar-refractivity contribution is -0.126. The third-order valence-corrected chi connectivity index (χ3v) is 4.61. The van der Waals surface area contributed by atoms with Crippen LogP contribution in [0.2, 0.25) is 0 Å². The second-order valence-corrected chi connectivity index (χ2v) is 6.77. The van der Waals surface area contributed by atoms with Crippen molar-refractivity contribution >= 4 is 30.0 Å². The molecule has 1 saturated carbocycles. The molecule has 7 heteroatoms. The van der Waals surface area contributed by atoms with Crippen molar-refractivity contribution in [3.05, 3.63) is 29.8 Å². The molecule has 1 aliphatic heterocycles. The van der Waals surface area contributed by atoms with E-state index in [0.29, 0.717) is 6.04 Å². The highest BCUT2D eigenvalue weighted by atomic mass is 35.5. The van der Waals surface area contributed by atoms with Gasteiger partial charge in [-0.25, -0.2) is 4.79 Å². The van der Waals surface area contributed by atoms with Crippen LogP contribution in [0.4, 0.5) is 10.5 Å². The molecule has 2 unspecified atom stereocenters. The van der Waals surface area contributed by atoms with E-state index < -0.39 is 0 Å². The van der Waals surface area contributed by atoms with E-state index in [0.717, 1.165) is 50.0 Å². The number of hydrogen-bond donors (Lipinski definition) is 4. The van der Waals surface area contributed by atoms with Crippen molar-refractivity contribution in [3.8, 4) is 0 Å². The Hall–Kier alpha value is -1.79. The molecule has 2 aliphatic rings. The van der Waals surface area contributed by atoms with Gasteiger partial charge in [-0.15, -0.1) is 12.4 Å². The molecule has 4 N–H and O–H groups in total. The Bertz CT molecular complexity index is 583. The van der Waals surface area contributed by atoms with Gasteiger partial charge in [0.25, 0.3) is 0 Å². The fourth-order valence-corrected chi connectivity index (χ4v) is 2.93. The fourth-order valence-electron chi connectivity index (χ4n) is 2.93. The third kappa shape index (κ3) is 5.90. The molecule has 1 aliphatic carbocycles. The molecule has 0 bridgehead atoms. The smallest absolute Gasteiger partial charge is 0.319 e. The van der Waals surface area contributed by atoms with Crippen molar-refractivity contribution in [1.29, 1.82) is 0 Å². The molecular weight excluding hydrogens is 340 g/mol. The Morgan fingerprint density at radius 3 is 2.48 bits per heavy atom. The molecular formula is C18H27ClN4O2. The van der Waals surface area contributed by atoms with E-state index in [4.69, 9.17) is 0 Å². The maximum Gasteiger partial charge on any atom is 0.319 e. The summed E-state index contributed by atoms with van der Waals surface area (Å²) in [5.41, 5.74) is 1.78. The number of piperidine rings is 1. The van der Waals surface area contributed by atoms with Gasteiger partial charge < -0.3 is 21.3 Å². The van der Waals surface area contributed by atoms with E-state index in [-0.39, 0.29) is 36.3 Å². The van der Waals surface area contributed by atoms with Crippen LogP contribution in [0.5, 0.6) is 0 Å². The summed E-state index contributed by atoms with van der Waals surface area (Å²) < 4.78 is 0. The maximum atomic E-state index is 12.3. The molecule has 1 aromatic rings. The van der Waals surface area contributed by atoms with Crippen LogP contribution >= 0.6 is 12.4 Å². The first-order chi connectivity index (χ1) is 11.6. The van der Waals surface area contributed by atoms with Gasteiger partial charge in [-0.1, -0.05) is 12.1 Å². The van der Waals surface area contributed by atoms with Gasteiger partial charge in [0.05, 0.1) is 12.0 Å².